The number of esters is 1. The topological polar surface area (TPSA) is 103 Å². The largest absolute Gasteiger partial charge is 0.493 e. The molecule has 0 saturated carbocycles. The first-order chi connectivity index (χ1) is 11.2. The highest BCUT2D eigenvalue weighted by Crippen LogP contribution is 2.54. The Hall–Kier alpha value is -2.48. The molecule has 8 heteroatoms. The number of benzene rings is 1. The summed E-state index contributed by atoms with van der Waals surface area (Å²) < 4.78 is 21.8. The van der Waals surface area contributed by atoms with Crippen LogP contribution in [-0.2, 0) is 9.59 Å². The van der Waals surface area contributed by atoms with Gasteiger partial charge in [0, 0.05) is 13.0 Å². The van der Waals surface area contributed by atoms with Gasteiger partial charge in [-0.3, -0.25) is 9.59 Å². The van der Waals surface area contributed by atoms with Crippen LogP contribution in [0.2, 0.25) is 0 Å². The molecule has 0 spiro atoms. The monoisotopic (exact) mass is 339 g/mol. The minimum absolute atomic E-state index is 0.119. The fourth-order valence-electron chi connectivity index (χ4n) is 2.70. The lowest BCUT2D eigenvalue weighted by atomic mass is 9.93. The number of ether oxygens (including phenoxy) is 4. The predicted octanol–water partition coefficient (Wildman–Crippen LogP) is 0.950. The standard InChI is InChI=1S/C16H21NO7/c1-8(19)23-14-12-9(6-10(21-4)13(14)22-5)24-16(2,3)15(12)17-11(20)7-18/h6,15,18H,7H2,1-5H3,(H,17,20). The third kappa shape index (κ3) is 3.09. The number of amides is 1. The Morgan fingerprint density at radius 2 is 1.96 bits per heavy atom. The number of methoxy groups -OCH3 is 2. The van der Waals surface area contributed by atoms with Gasteiger partial charge in [0.2, 0.25) is 11.7 Å². The maximum absolute atomic E-state index is 11.7. The van der Waals surface area contributed by atoms with E-state index in [9.17, 15) is 9.59 Å². The minimum Gasteiger partial charge on any atom is -0.493 e. The van der Waals surface area contributed by atoms with Crippen LogP contribution < -0.4 is 24.3 Å². The zero-order chi connectivity index (χ0) is 18.1. The number of carbonyl (C=O) groups is 2. The molecule has 1 heterocycles. The van der Waals surface area contributed by atoms with E-state index in [1.807, 2.05) is 0 Å². The number of carbonyl (C=O) groups excluding carboxylic acids is 2. The molecule has 0 aliphatic carbocycles. The molecule has 1 unspecified atom stereocenters. The van der Waals surface area contributed by atoms with Crippen molar-refractivity contribution in [2.45, 2.75) is 32.4 Å². The third-order valence-corrected chi connectivity index (χ3v) is 3.68. The molecule has 8 nitrogen and oxygen atoms in total. The fraction of sp³-hybridized carbons (Fsp3) is 0.500. The Labute approximate surface area is 139 Å². The van der Waals surface area contributed by atoms with Crippen LogP contribution in [0.1, 0.15) is 32.4 Å². The van der Waals surface area contributed by atoms with Crippen LogP contribution in [0, 0.1) is 0 Å². The van der Waals surface area contributed by atoms with E-state index >= 15 is 0 Å². The molecule has 1 aliphatic rings. The Morgan fingerprint density at radius 1 is 1.29 bits per heavy atom. The molecule has 0 aromatic heterocycles. The molecule has 1 atom stereocenters. The van der Waals surface area contributed by atoms with Crippen molar-refractivity contribution < 1.29 is 33.6 Å². The smallest absolute Gasteiger partial charge is 0.308 e. The number of aliphatic hydroxyl groups is 1. The van der Waals surface area contributed by atoms with E-state index in [0.29, 0.717) is 17.1 Å². The molecule has 0 saturated heterocycles. The summed E-state index contributed by atoms with van der Waals surface area (Å²) in [5.41, 5.74) is -0.381. The Kier molecular flexibility index (Phi) is 4.88. The van der Waals surface area contributed by atoms with E-state index in [-0.39, 0.29) is 11.5 Å². The molecule has 24 heavy (non-hydrogen) atoms. The highest BCUT2D eigenvalue weighted by atomic mass is 16.6. The predicted molar refractivity (Wildman–Crippen MR) is 83.5 cm³/mol. The normalized spacial score (nSPS) is 17.5. The van der Waals surface area contributed by atoms with Gasteiger partial charge in [-0.1, -0.05) is 0 Å². The number of nitrogens with one attached hydrogen (secondary N) is 1. The Balaban J connectivity index is 2.67. The molecule has 0 fully saturated rings. The summed E-state index contributed by atoms with van der Waals surface area (Å²) in [6.45, 7) is 4.13. The lowest BCUT2D eigenvalue weighted by Gasteiger charge is -2.27. The minimum atomic E-state index is -0.834. The summed E-state index contributed by atoms with van der Waals surface area (Å²) in [4.78, 5) is 23.2. The molecular weight excluding hydrogens is 318 g/mol. The van der Waals surface area contributed by atoms with Crippen molar-refractivity contribution in [2.24, 2.45) is 0 Å². The van der Waals surface area contributed by atoms with Gasteiger partial charge in [-0.2, -0.15) is 0 Å². The van der Waals surface area contributed by atoms with Gasteiger partial charge in [0.1, 0.15) is 24.0 Å². The van der Waals surface area contributed by atoms with Crippen LogP contribution >= 0.6 is 0 Å². The second-order valence-electron chi connectivity index (χ2n) is 5.81. The first-order valence-corrected chi connectivity index (χ1v) is 7.31. The van der Waals surface area contributed by atoms with Crippen molar-refractivity contribution in [3.05, 3.63) is 11.6 Å². The first kappa shape index (κ1) is 17.9. The number of aliphatic hydroxyl groups excluding tert-OH is 1. The zero-order valence-electron chi connectivity index (χ0n) is 14.3. The number of hydrogen-bond donors (Lipinski definition) is 2. The van der Waals surface area contributed by atoms with Crippen LogP contribution in [0.5, 0.6) is 23.0 Å². The average molecular weight is 339 g/mol. The average Bonchev–Trinajstić information content (AvgIpc) is 2.76. The molecule has 1 aromatic carbocycles. The molecule has 1 aliphatic heterocycles. The van der Waals surface area contributed by atoms with Crippen molar-refractivity contribution in [1.29, 1.82) is 0 Å². The highest BCUT2D eigenvalue weighted by Gasteiger charge is 2.46. The first-order valence-electron chi connectivity index (χ1n) is 7.31. The van der Waals surface area contributed by atoms with Crippen molar-refractivity contribution in [1.82, 2.24) is 5.32 Å². The van der Waals surface area contributed by atoms with Crippen molar-refractivity contribution >= 4 is 11.9 Å². The maximum atomic E-state index is 11.7. The van der Waals surface area contributed by atoms with Crippen LogP contribution in [0.4, 0.5) is 0 Å². The van der Waals surface area contributed by atoms with Crippen LogP contribution in [-0.4, -0.2) is 43.4 Å². The summed E-state index contributed by atoms with van der Waals surface area (Å²) in [7, 11) is 2.87. The van der Waals surface area contributed by atoms with Crippen LogP contribution in [0.15, 0.2) is 6.07 Å². The molecule has 0 radical (unpaired) electrons. The molecule has 1 aromatic rings. The zero-order valence-corrected chi connectivity index (χ0v) is 14.3. The summed E-state index contributed by atoms with van der Waals surface area (Å²) in [6.07, 6.45) is 0. The Morgan fingerprint density at radius 3 is 2.46 bits per heavy atom. The van der Waals surface area contributed by atoms with Gasteiger partial charge in [0.15, 0.2) is 11.5 Å². The summed E-state index contributed by atoms with van der Waals surface area (Å²) in [5, 5.41) is 11.7. The fourth-order valence-corrected chi connectivity index (χ4v) is 2.70. The molecule has 2 N–H and O–H groups in total. The van der Waals surface area contributed by atoms with E-state index in [2.05, 4.69) is 5.32 Å². The van der Waals surface area contributed by atoms with Crippen molar-refractivity contribution in [3.63, 3.8) is 0 Å². The lowest BCUT2D eigenvalue weighted by Crippen LogP contribution is -2.42. The van der Waals surface area contributed by atoms with Gasteiger partial charge in [0.05, 0.1) is 19.8 Å². The molecule has 132 valence electrons. The molecule has 2 rings (SSSR count). The van der Waals surface area contributed by atoms with Gasteiger partial charge in [0.25, 0.3) is 0 Å². The van der Waals surface area contributed by atoms with Crippen LogP contribution in [0.25, 0.3) is 0 Å². The van der Waals surface area contributed by atoms with E-state index in [1.165, 1.54) is 21.1 Å². The van der Waals surface area contributed by atoms with E-state index in [4.69, 9.17) is 24.1 Å². The van der Waals surface area contributed by atoms with Gasteiger partial charge in [-0.05, 0) is 13.8 Å². The number of rotatable bonds is 5. The molecule has 0 bridgehead atoms. The van der Waals surface area contributed by atoms with Crippen molar-refractivity contribution in [2.75, 3.05) is 20.8 Å². The van der Waals surface area contributed by atoms with Crippen LogP contribution in [0.3, 0.4) is 0 Å². The van der Waals surface area contributed by atoms with E-state index < -0.39 is 30.1 Å². The summed E-state index contributed by atoms with van der Waals surface area (Å²) in [5.74, 6) is -0.0625. The second kappa shape index (κ2) is 6.56. The maximum Gasteiger partial charge on any atom is 0.308 e. The van der Waals surface area contributed by atoms with Gasteiger partial charge in [-0.15, -0.1) is 0 Å². The van der Waals surface area contributed by atoms with Gasteiger partial charge < -0.3 is 29.4 Å². The lowest BCUT2D eigenvalue weighted by molar-refractivity contribution is -0.132. The summed E-state index contributed by atoms with van der Waals surface area (Å²) >= 11 is 0. The quantitative estimate of drug-likeness (QED) is 0.608. The van der Waals surface area contributed by atoms with Gasteiger partial charge in [-0.25, -0.2) is 0 Å². The van der Waals surface area contributed by atoms with E-state index in [0.717, 1.165) is 0 Å². The molecular formula is C16H21NO7. The number of fused-ring (bicyclic) bond motifs is 1. The van der Waals surface area contributed by atoms with Gasteiger partial charge >= 0.3 is 5.97 Å². The van der Waals surface area contributed by atoms with Crippen molar-refractivity contribution in [3.8, 4) is 23.0 Å². The SMILES string of the molecule is COc1cc2c(c(OC(C)=O)c1OC)C(NC(=O)CO)C(C)(C)O2. The van der Waals surface area contributed by atoms with E-state index in [1.54, 1.807) is 19.9 Å². The third-order valence-electron chi connectivity index (χ3n) is 3.68. The highest BCUT2D eigenvalue weighted by molar-refractivity contribution is 5.79. The number of hydrogen-bond acceptors (Lipinski definition) is 7. The molecule has 1 amide bonds. The second-order valence-corrected chi connectivity index (χ2v) is 5.81. The Bertz CT molecular complexity index is 669. The summed E-state index contributed by atoms with van der Waals surface area (Å²) in [6, 6.07) is 0.954.